The minimum Gasteiger partial charge on any atom is -0.508 e. The van der Waals surface area contributed by atoms with Crippen molar-refractivity contribution in [3.8, 4) is 5.75 Å². The summed E-state index contributed by atoms with van der Waals surface area (Å²) in [6, 6.07) is -9.22. The maximum atomic E-state index is 14.3. The van der Waals surface area contributed by atoms with Crippen molar-refractivity contribution in [3.63, 3.8) is 0 Å². The first-order valence-corrected chi connectivity index (χ1v) is 37.4. The van der Waals surface area contributed by atoms with Gasteiger partial charge < -0.3 is 137 Å². The third-order valence-corrected chi connectivity index (χ3v) is 17.5. The number of nitrogens with zero attached hydrogens (tertiary/aromatic N) is 2. The van der Waals surface area contributed by atoms with E-state index >= 15 is 0 Å². The summed E-state index contributed by atoms with van der Waals surface area (Å²) in [7, 11) is 0. The van der Waals surface area contributed by atoms with Gasteiger partial charge in [-0.1, -0.05) is 70.2 Å². The Balaban J connectivity index is 1.77. The van der Waals surface area contributed by atoms with Crippen molar-refractivity contribution in [2.45, 2.75) is 230 Å². The van der Waals surface area contributed by atoms with Crippen LogP contribution in [0, 0.1) is 11.8 Å². The molecule has 14 amide bonds. The number of H-pyrrole nitrogens is 1. The van der Waals surface area contributed by atoms with E-state index in [0.29, 0.717) is 11.1 Å². The van der Waals surface area contributed by atoms with E-state index in [1.807, 2.05) is 5.32 Å². The molecule has 1 aromatic heterocycles. The second kappa shape index (κ2) is 49.0. The average Bonchev–Trinajstić information content (AvgIpc) is 1.09. The quantitative estimate of drug-likeness (QED) is 0.0142. The van der Waals surface area contributed by atoms with Crippen molar-refractivity contribution in [3.05, 3.63) is 83.9 Å². The fraction of sp³-hybridized carbons (Fsp3) is 0.562. The van der Waals surface area contributed by atoms with Crippen LogP contribution in [-0.4, -0.2) is 280 Å². The molecule has 1 heterocycles. The first-order valence-electron chi connectivity index (χ1n) is 37.4. The van der Waals surface area contributed by atoms with Gasteiger partial charge >= 0.3 is 11.9 Å². The molecule has 0 unspecified atom stereocenters. The second-order valence-electron chi connectivity index (χ2n) is 28.8. The number of phenolic OH excluding ortho intramolecular Hbond substituents is 1. The van der Waals surface area contributed by atoms with Gasteiger partial charge in [-0.25, -0.2) is 9.78 Å². The average molecular weight is 1650 g/mol. The molecule has 0 aliphatic rings. The standard InChI is InChI=1S/C73H112N20O24/c1-33(2)23-47(63(107)81-36(6)60(104)85-50(27-43-29-77-32-80-43)65(109)87-48(24-34(3)4)67(111)91-56(38(8)96)70(114)92-57(39(9)97)71(115)93-58(40(10)98)72(116)117)86-66(110)51(28-54(101)102)83-53(100)30-79-62(106)46(17-14-22-78-73(75)76)84-59(103)35(5)82-68(112)52(31-94)89-64(108)49(26-41-15-12-11-13-16-41)88-69(113)55(37(7)95)90-61(105)45(74)25-42-18-20-44(99)21-19-42/h11-13,15-16,18-21,29,32-40,45-52,55-58,94-99H,14,17,22-28,30-31,74H2,1-10H3,(H,77,80)(H,79,106)(H,81,107)(H,82,112)(H,83,100)(H,84,103)(H,85,104)(H,86,110)(H,87,109)(H,88,113)(H,89,108)(H,90,105)(H,91,111)(H,92,114)(H,93,115)(H,101,102)(H,116,117)(H4,75,76,78)/t35-,36-,37+,38+,39+,40+,45-,46-,47-,48-,49-,50-,51-,52-,55-,56-,57-,58-/m0/s1. The molecule has 3 rings (SSSR count). The molecular weight excluding hydrogens is 1540 g/mol. The molecular formula is C73H112N20O24. The second-order valence-corrected chi connectivity index (χ2v) is 28.8. The monoisotopic (exact) mass is 1650 g/mol. The van der Waals surface area contributed by atoms with Gasteiger partial charge in [-0.3, -0.25) is 76.9 Å². The molecule has 117 heavy (non-hydrogen) atoms. The Hall–Kier alpha value is -12.0. The number of aliphatic carboxylic acids is 2. The van der Waals surface area contributed by atoms with Gasteiger partial charge in [-0.05, 0) is 109 Å². The number of carboxylic acid groups (broad SMARTS) is 2. The number of aliphatic imine (C=N–C) groups is 1. The highest BCUT2D eigenvalue weighted by molar-refractivity contribution is 6.01. The number of aromatic nitrogens is 2. The molecule has 44 nitrogen and oxygen atoms in total. The molecule has 0 aliphatic heterocycles. The summed E-state index contributed by atoms with van der Waals surface area (Å²) >= 11 is 0. The smallest absolute Gasteiger partial charge is 0.328 e. The summed E-state index contributed by atoms with van der Waals surface area (Å²) < 4.78 is 0. The van der Waals surface area contributed by atoms with Crippen LogP contribution in [0.15, 0.2) is 72.1 Å². The van der Waals surface area contributed by atoms with Crippen LogP contribution >= 0.6 is 0 Å². The van der Waals surface area contributed by atoms with Crippen molar-refractivity contribution in [1.29, 1.82) is 0 Å². The third kappa shape index (κ3) is 35.3. The Bertz CT molecular complexity index is 3880. The van der Waals surface area contributed by atoms with Crippen LogP contribution in [-0.2, 0) is 96.0 Å². The number of phenols is 1. The number of benzene rings is 2. The minimum atomic E-state index is -1.96. The summed E-state index contributed by atoms with van der Waals surface area (Å²) in [5.41, 5.74) is 18.4. The summed E-state index contributed by atoms with van der Waals surface area (Å²) in [4.78, 5) is 228. The maximum absolute atomic E-state index is 14.3. The van der Waals surface area contributed by atoms with Crippen LogP contribution in [0.4, 0.5) is 0 Å². The van der Waals surface area contributed by atoms with Crippen LogP contribution in [0.1, 0.15) is 118 Å². The Kier molecular flexibility index (Phi) is 41.6. The zero-order chi connectivity index (χ0) is 88.2. The van der Waals surface area contributed by atoms with Gasteiger partial charge in [0.1, 0.15) is 78.3 Å². The largest absolute Gasteiger partial charge is 0.508 e. The molecule has 0 aliphatic carbocycles. The first kappa shape index (κ1) is 99.2. The number of imidazole rings is 1. The first-order chi connectivity index (χ1) is 54.8. The zero-order valence-corrected chi connectivity index (χ0v) is 66.4. The molecule has 648 valence electrons. The highest BCUT2D eigenvalue weighted by atomic mass is 16.4. The van der Waals surface area contributed by atoms with Crippen LogP contribution in [0.3, 0.4) is 0 Å². The van der Waals surface area contributed by atoms with E-state index in [4.69, 9.17) is 17.2 Å². The summed E-state index contributed by atoms with van der Waals surface area (Å²) in [5.74, 6) is -19.7. The van der Waals surface area contributed by atoms with Crippen molar-refractivity contribution in [2.24, 2.45) is 34.0 Å². The number of aliphatic hydroxyl groups is 5. The predicted octanol–water partition coefficient (Wildman–Crippen LogP) is -8.85. The number of carbonyl (C=O) groups is 16. The lowest BCUT2D eigenvalue weighted by atomic mass is 10.0. The number of aromatic hydroxyl groups is 1. The highest BCUT2D eigenvalue weighted by Gasteiger charge is 2.40. The molecule has 44 heteroatoms. The molecule has 0 saturated heterocycles. The molecule has 3 aromatic rings. The minimum absolute atomic E-state index is 0.00227. The number of carbonyl (C=O) groups excluding carboxylic acids is 14. The van der Waals surface area contributed by atoms with E-state index in [9.17, 15) is 118 Å². The van der Waals surface area contributed by atoms with Gasteiger partial charge in [0.2, 0.25) is 82.7 Å². The number of aliphatic hydroxyl groups excluding tert-OH is 5. The van der Waals surface area contributed by atoms with E-state index in [0.717, 1.165) is 27.7 Å². The number of carboxylic acids is 2. The summed E-state index contributed by atoms with van der Waals surface area (Å²) in [5, 5.41) is 114. The van der Waals surface area contributed by atoms with Gasteiger partial charge in [-0.15, -0.1) is 0 Å². The number of guanidine groups is 1. The number of nitrogens with two attached hydrogens (primary N) is 3. The molecule has 2 aromatic carbocycles. The topological polar surface area (TPSA) is 722 Å². The summed E-state index contributed by atoms with van der Waals surface area (Å²) in [6.45, 7) is 11.2. The molecule has 0 spiro atoms. The van der Waals surface area contributed by atoms with Gasteiger partial charge in [0.15, 0.2) is 12.0 Å². The fourth-order valence-corrected chi connectivity index (χ4v) is 11.2. The lowest BCUT2D eigenvalue weighted by Crippen LogP contribution is -2.63. The number of aromatic amines is 1. The van der Waals surface area contributed by atoms with Crippen molar-refractivity contribution in [2.75, 3.05) is 19.7 Å². The molecule has 0 radical (unpaired) electrons. The molecule has 0 fully saturated rings. The van der Waals surface area contributed by atoms with Gasteiger partial charge in [0.05, 0.1) is 56.4 Å². The lowest BCUT2D eigenvalue weighted by Gasteiger charge is -2.29. The number of amides is 14. The number of rotatable bonds is 50. The van der Waals surface area contributed by atoms with Crippen LogP contribution in [0.2, 0.25) is 0 Å². The van der Waals surface area contributed by atoms with E-state index in [2.05, 4.69) is 84.1 Å². The van der Waals surface area contributed by atoms with E-state index in [1.165, 1.54) is 50.6 Å². The van der Waals surface area contributed by atoms with E-state index in [-0.39, 0.29) is 74.8 Å². The molecule has 0 bridgehead atoms. The molecule has 29 N–H and O–H groups in total. The van der Waals surface area contributed by atoms with Crippen LogP contribution in [0.5, 0.6) is 5.75 Å². The number of nitrogens with one attached hydrogen (secondary N) is 15. The summed E-state index contributed by atoms with van der Waals surface area (Å²) in [6.07, 6.45) is -6.27. The van der Waals surface area contributed by atoms with Crippen molar-refractivity contribution in [1.82, 2.24) is 84.4 Å². The SMILES string of the molecule is CC(C)C[C@H](NC(=O)[C@H](CC(=O)O)NC(=O)CNC(=O)[C@H](CCCN=C(N)N)NC(=O)[C@H](C)NC(=O)[C@H](CO)NC(=O)[C@H](Cc1ccccc1)NC(=O)[C@@H](NC(=O)[C@@H](N)Cc1ccc(O)cc1)[C@@H](C)O)C(=O)N[C@@H](C)C(=O)N[C@@H](Cc1cnc[nH]1)C(=O)N[C@@H](CC(C)C)C(=O)N[C@H](C(=O)N[C@H](C(=O)N[C@H](C(=O)O)[C@@H](C)O)[C@@H](C)O)[C@@H](C)O. The van der Waals surface area contributed by atoms with Crippen molar-refractivity contribution < 1.29 is 118 Å². The predicted molar refractivity (Wildman–Crippen MR) is 414 cm³/mol. The molecule has 0 saturated carbocycles. The fourth-order valence-electron chi connectivity index (χ4n) is 11.2. The van der Waals surface area contributed by atoms with Crippen LogP contribution in [0.25, 0.3) is 0 Å². The van der Waals surface area contributed by atoms with Crippen LogP contribution < -0.4 is 91.6 Å². The lowest BCUT2D eigenvalue weighted by molar-refractivity contribution is -0.146. The Morgan fingerprint density at radius 3 is 1.32 bits per heavy atom. The Labute approximate surface area is 673 Å². The highest BCUT2D eigenvalue weighted by Crippen LogP contribution is 2.15. The zero-order valence-electron chi connectivity index (χ0n) is 66.4. The normalized spacial score (nSPS) is 15.8. The Morgan fingerprint density at radius 1 is 0.444 bits per heavy atom. The van der Waals surface area contributed by atoms with Gasteiger partial charge in [0.25, 0.3) is 0 Å². The number of hydrogen-bond acceptors (Lipinski definition) is 25. The number of hydrogen-bond donors (Lipinski definition) is 26. The Morgan fingerprint density at radius 2 is 0.855 bits per heavy atom. The van der Waals surface area contributed by atoms with E-state index < -0.39 is 229 Å². The van der Waals surface area contributed by atoms with Gasteiger partial charge in [0, 0.05) is 31.3 Å². The maximum Gasteiger partial charge on any atom is 0.328 e. The third-order valence-electron chi connectivity index (χ3n) is 17.5. The molecule has 18 atom stereocenters. The van der Waals surface area contributed by atoms with Gasteiger partial charge in [-0.2, -0.15) is 0 Å². The van der Waals surface area contributed by atoms with E-state index in [1.54, 1.807) is 58.0 Å². The van der Waals surface area contributed by atoms with Crippen molar-refractivity contribution >= 4 is 101 Å².